The van der Waals surface area contributed by atoms with Crippen LogP contribution in [-0.2, 0) is 9.53 Å². The predicted molar refractivity (Wildman–Crippen MR) is 94.7 cm³/mol. The third kappa shape index (κ3) is 4.82. The van der Waals surface area contributed by atoms with Crippen molar-refractivity contribution in [1.29, 1.82) is 0 Å². The van der Waals surface area contributed by atoms with Crippen LogP contribution in [0.3, 0.4) is 0 Å². The van der Waals surface area contributed by atoms with E-state index in [0.717, 1.165) is 11.1 Å². The van der Waals surface area contributed by atoms with Crippen molar-refractivity contribution in [3.05, 3.63) is 52.2 Å². The first kappa shape index (κ1) is 17.5. The fourth-order valence-electron chi connectivity index (χ4n) is 2.37. The minimum atomic E-state index is -0.277. The molecule has 132 valence electrons. The third-order valence-corrected chi connectivity index (χ3v) is 4.31. The molecule has 2 aromatic rings. The van der Waals surface area contributed by atoms with Gasteiger partial charge >= 0.3 is 0 Å². The average Bonchev–Trinajstić information content (AvgIpc) is 3.31. The first-order chi connectivity index (χ1) is 12.3. The molecule has 3 rings (SSSR count). The number of hydrogen-bond donors (Lipinski definition) is 2. The normalized spacial score (nSPS) is 14.0. The standard InChI is InChI=1S/C18H19NO5S/c20-6-7-22-17(14-5-8-25-11-14)10-19-18(21)4-2-13-1-3-15-16(9-13)24-12-23-15/h1-5,8-9,11,17,20H,6-7,10,12H2,(H,19,21)/b4-2+/t17-/m0/s1. The van der Waals surface area contributed by atoms with Gasteiger partial charge in [0.05, 0.1) is 13.2 Å². The van der Waals surface area contributed by atoms with E-state index in [1.165, 1.54) is 6.08 Å². The van der Waals surface area contributed by atoms with Crippen LogP contribution in [-0.4, -0.2) is 37.6 Å². The molecular weight excluding hydrogens is 342 g/mol. The Morgan fingerprint density at radius 1 is 1.36 bits per heavy atom. The summed E-state index contributed by atoms with van der Waals surface area (Å²) < 4.78 is 16.2. The molecule has 0 spiro atoms. The summed E-state index contributed by atoms with van der Waals surface area (Å²) in [4.78, 5) is 12.0. The van der Waals surface area contributed by atoms with E-state index >= 15 is 0 Å². The zero-order valence-electron chi connectivity index (χ0n) is 13.5. The van der Waals surface area contributed by atoms with Crippen molar-refractivity contribution in [2.45, 2.75) is 6.10 Å². The Kier molecular flexibility index (Phi) is 6.05. The second-order valence-corrected chi connectivity index (χ2v) is 6.11. The van der Waals surface area contributed by atoms with Gasteiger partial charge in [-0.15, -0.1) is 0 Å². The highest BCUT2D eigenvalue weighted by molar-refractivity contribution is 7.07. The largest absolute Gasteiger partial charge is 0.454 e. The van der Waals surface area contributed by atoms with E-state index < -0.39 is 0 Å². The molecule has 0 bridgehead atoms. The highest BCUT2D eigenvalue weighted by atomic mass is 32.1. The Labute approximate surface area is 149 Å². The van der Waals surface area contributed by atoms with Crippen LogP contribution in [0.2, 0.25) is 0 Å². The Bertz CT molecular complexity index is 729. The van der Waals surface area contributed by atoms with E-state index in [1.54, 1.807) is 17.4 Å². The van der Waals surface area contributed by atoms with Crippen molar-refractivity contribution in [2.75, 3.05) is 26.6 Å². The van der Waals surface area contributed by atoms with Crippen LogP contribution >= 0.6 is 11.3 Å². The van der Waals surface area contributed by atoms with Crippen molar-refractivity contribution in [3.8, 4) is 11.5 Å². The van der Waals surface area contributed by atoms with Gasteiger partial charge in [-0.25, -0.2) is 0 Å². The summed E-state index contributed by atoms with van der Waals surface area (Å²) in [5, 5.41) is 15.7. The van der Waals surface area contributed by atoms with Crippen LogP contribution in [0.4, 0.5) is 0 Å². The molecule has 2 N–H and O–H groups in total. The molecule has 0 unspecified atom stereocenters. The molecule has 1 atom stereocenters. The van der Waals surface area contributed by atoms with Gasteiger partial charge in [0, 0.05) is 12.6 Å². The zero-order valence-corrected chi connectivity index (χ0v) is 14.3. The van der Waals surface area contributed by atoms with E-state index in [4.69, 9.17) is 19.3 Å². The number of thiophene rings is 1. The maximum atomic E-state index is 12.0. The fraction of sp³-hybridized carbons (Fsp3) is 0.278. The van der Waals surface area contributed by atoms with Gasteiger partial charge in [-0.1, -0.05) is 6.07 Å². The Balaban J connectivity index is 1.54. The molecule has 1 amide bonds. The Morgan fingerprint density at radius 2 is 2.24 bits per heavy atom. The summed E-state index contributed by atoms with van der Waals surface area (Å²) in [6.07, 6.45) is 2.90. The second kappa shape index (κ2) is 8.66. The minimum Gasteiger partial charge on any atom is -0.454 e. The molecule has 7 heteroatoms. The summed E-state index contributed by atoms with van der Waals surface area (Å²) in [6.45, 7) is 0.726. The smallest absolute Gasteiger partial charge is 0.244 e. The molecule has 0 fully saturated rings. The molecule has 1 aliphatic heterocycles. The van der Waals surface area contributed by atoms with E-state index in [9.17, 15) is 4.79 Å². The van der Waals surface area contributed by atoms with Crippen LogP contribution < -0.4 is 14.8 Å². The molecule has 1 aliphatic rings. The van der Waals surface area contributed by atoms with Crippen molar-refractivity contribution >= 4 is 23.3 Å². The average molecular weight is 361 g/mol. The maximum Gasteiger partial charge on any atom is 0.244 e. The van der Waals surface area contributed by atoms with Gasteiger partial charge in [-0.2, -0.15) is 11.3 Å². The van der Waals surface area contributed by atoms with Crippen LogP contribution in [0.5, 0.6) is 11.5 Å². The summed E-state index contributed by atoms with van der Waals surface area (Å²) >= 11 is 1.56. The lowest BCUT2D eigenvalue weighted by Crippen LogP contribution is -2.28. The fourth-order valence-corrected chi connectivity index (χ4v) is 3.07. The van der Waals surface area contributed by atoms with Crippen LogP contribution in [0.1, 0.15) is 17.2 Å². The number of rotatable bonds is 8. The Morgan fingerprint density at radius 3 is 3.04 bits per heavy atom. The van der Waals surface area contributed by atoms with Gasteiger partial charge < -0.3 is 24.6 Å². The SMILES string of the molecule is O=C(/C=C/c1ccc2c(c1)OCO2)NC[C@H](OCCO)c1ccsc1. The number of nitrogens with one attached hydrogen (secondary N) is 1. The number of hydrogen-bond acceptors (Lipinski definition) is 6. The number of fused-ring (bicyclic) bond motifs is 1. The second-order valence-electron chi connectivity index (χ2n) is 5.33. The number of carbonyl (C=O) groups is 1. The molecule has 0 radical (unpaired) electrons. The number of benzene rings is 1. The number of aliphatic hydroxyl groups is 1. The van der Waals surface area contributed by atoms with Gasteiger partial charge in [0.2, 0.25) is 12.7 Å². The van der Waals surface area contributed by atoms with Crippen molar-refractivity contribution in [3.63, 3.8) is 0 Å². The zero-order chi connectivity index (χ0) is 17.5. The number of carbonyl (C=O) groups excluding carboxylic acids is 1. The first-order valence-electron chi connectivity index (χ1n) is 7.86. The lowest BCUT2D eigenvalue weighted by Gasteiger charge is -2.16. The maximum absolute atomic E-state index is 12.0. The van der Waals surface area contributed by atoms with Crippen molar-refractivity contribution < 1.29 is 24.1 Å². The van der Waals surface area contributed by atoms with Crippen LogP contribution in [0, 0.1) is 0 Å². The molecular formula is C18H19NO5S. The van der Waals surface area contributed by atoms with Gasteiger partial charge in [0.15, 0.2) is 11.5 Å². The van der Waals surface area contributed by atoms with Gasteiger partial charge in [-0.3, -0.25) is 4.79 Å². The van der Waals surface area contributed by atoms with Crippen molar-refractivity contribution in [2.24, 2.45) is 0 Å². The topological polar surface area (TPSA) is 77.0 Å². The molecule has 0 saturated carbocycles. The quantitative estimate of drug-likeness (QED) is 0.706. The van der Waals surface area contributed by atoms with E-state index in [-0.39, 0.29) is 32.0 Å². The summed E-state index contributed by atoms with van der Waals surface area (Å²) in [7, 11) is 0. The van der Waals surface area contributed by atoms with Gasteiger partial charge in [-0.05, 0) is 46.2 Å². The lowest BCUT2D eigenvalue weighted by atomic mass is 10.2. The molecule has 1 aromatic heterocycles. The summed E-state index contributed by atoms with van der Waals surface area (Å²) in [6, 6.07) is 7.44. The molecule has 0 aliphatic carbocycles. The van der Waals surface area contributed by atoms with Gasteiger partial charge in [0.1, 0.15) is 6.10 Å². The predicted octanol–water partition coefficient (Wildman–Crippen LogP) is 2.36. The van der Waals surface area contributed by atoms with Crippen molar-refractivity contribution in [1.82, 2.24) is 5.32 Å². The third-order valence-electron chi connectivity index (χ3n) is 3.61. The molecule has 25 heavy (non-hydrogen) atoms. The number of ether oxygens (including phenoxy) is 3. The van der Waals surface area contributed by atoms with E-state index in [0.29, 0.717) is 18.0 Å². The monoisotopic (exact) mass is 361 g/mol. The Hall–Kier alpha value is -2.35. The lowest BCUT2D eigenvalue weighted by molar-refractivity contribution is -0.117. The summed E-state index contributed by atoms with van der Waals surface area (Å²) in [5.74, 6) is 1.17. The molecule has 0 saturated heterocycles. The van der Waals surface area contributed by atoms with Crippen LogP contribution in [0.25, 0.3) is 6.08 Å². The molecule has 1 aromatic carbocycles. The van der Waals surface area contributed by atoms with Gasteiger partial charge in [0.25, 0.3) is 0 Å². The number of amides is 1. The molecule has 2 heterocycles. The van der Waals surface area contributed by atoms with E-state index in [2.05, 4.69) is 5.32 Å². The first-order valence-corrected chi connectivity index (χ1v) is 8.80. The number of aliphatic hydroxyl groups excluding tert-OH is 1. The summed E-state index contributed by atoms with van der Waals surface area (Å²) in [5.41, 5.74) is 1.84. The molecule has 6 nitrogen and oxygen atoms in total. The van der Waals surface area contributed by atoms with Crippen LogP contribution in [0.15, 0.2) is 41.1 Å². The minimum absolute atomic E-state index is 0.0569. The highest BCUT2D eigenvalue weighted by Gasteiger charge is 2.14. The highest BCUT2D eigenvalue weighted by Crippen LogP contribution is 2.32. The van der Waals surface area contributed by atoms with E-state index in [1.807, 2.05) is 35.0 Å².